The smallest absolute Gasteiger partial charge is 0.173 e. The Labute approximate surface area is 175 Å². The van der Waals surface area contributed by atoms with E-state index in [1.807, 2.05) is 13.2 Å². The molecule has 4 heteroatoms. The van der Waals surface area contributed by atoms with E-state index in [1.54, 1.807) is 6.92 Å². The second-order valence-electron chi connectivity index (χ2n) is 10.5. The lowest BCUT2D eigenvalue weighted by molar-refractivity contribution is -0.152. The fraction of sp³-hybridized carbons (Fsp3) is 0.760. The van der Waals surface area contributed by atoms with Gasteiger partial charge < -0.3 is 9.47 Å². The summed E-state index contributed by atoms with van der Waals surface area (Å²) in [6.07, 6.45) is 8.80. The normalized spacial score (nSPS) is 43.7. The lowest BCUT2D eigenvalue weighted by Crippen LogP contribution is -2.57. The molecular formula is C25H36O4. The van der Waals surface area contributed by atoms with Crippen molar-refractivity contribution in [3.8, 4) is 0 Å². The Morgan fingerprint density at radius 3 is 2.69 bits per heavy atom. The molecule has 0 aliphatic heterocycles. The van der Waals surface area contributed by atoms with E-state index in [0.29, 0.717) is 29.9 Å². The standard InChI is InChI=1S/C25H36O4/c1-15(2)29-14-21(27)20-9-8-19-18-7-6-16-12-17(26)10-11-24(16,3)23(18)22(28-5)13-25(19,20)4/h12,18-20,22-23H,1,6-11,13-14H2,2-5H3/t18-,19-,20+,22-,23+,24-,25-/m0/s1. The molecular weight excluding hydrogens is 364 g/mol. The van der Waals surface area contributed by atoms with Crippen LogP contribution in [0.5, 0.6) is 0 Å². The molecule has 0 saturated heterocycles. The Kier molecular flexibility index (Phi) is 5.30. The zero-order valence-electron chi connectivity index (χ0n) is 18.5. The summed E-state index contributed by atoms with van der Waals surface area (Å²) >= 11 is 0. The van der Waals surface area contributed by atoms with Crippen molar-refractivity contribution >= 4 is 11.6 Å². The predicted molar refractivity (Wildman–Crippen MR) is 112 cm³/mol. The van der Waals surface area contributed by atoms with Crippen LogP contribution >= 0.6 is 0 Å². The van der Waals surface area contributed by atoms with E-state index in [-0.39, 0.29) is 41.0 Å². The molecule has 0 unspecified atom stereocenters. The van der Waals surface area contributed by atoms with Crippen molar-refractivity contribution in [3.63, 3.8) is 0 Å². The Balaban J connectivity index is 1.64. The summed E-state index contributed by atoms with van der Waals surface area (Å²) in [4.78, 5) is 25.1. The average molecular weight is 401 g/mol. The number of ketones is 2. The highest BCUT2D eigenvalue weighted by Crippen LogP contribution is 2.67. The minimum atomic E-state index is -0.0283. The van der Waals surface area contributed by atoms with Crippen molar-refractivity contribution in [2.45, 2.75) is 71.8 Å². The fourth-order valence-corrected chi connectivity index (χ4v) is 7.70. The van der Waals surface area contributed by atoms with E-state index in [1.165, 1.54) is 5.57 Å². The number of Topliss-reactive ketones (excluding diaryl/α,β-unsaturated/α-hetero) is 1. The minimum Gasteiger partial charge on any atom is -0.491 e. The monoisotopic (exact) mass is 400 g/mol. The van der Waals surface area contributed by atoms with Gasteiger partial charge >= 0.3 is 0 Å². The molecule has 0 aromatic carbocycles. The zero-order chi connectivity index (χ0) is 21.0. The highest BCUT2D eigenvalue weighted by Gasteiger charge is 2.63. The average Bonchev–Trinajstić information content (AvgIpc) is 3.02. The number of allylic oxidation sites excluding steroid dienone is 2. The van der Waals surface area contributed by atoms with Gasteiger partial charge in [-0.05, 0) is 80.1 Å². The first-order valence-electron chi connectivity index (χ1n) is 11.3. The lowest BCUT2D eigenvalue weighted by atomic mass is 9.46. The van der Waals surface area contributed by atoms with Crippen molar-refractivity contribution in [2.75, 3.05) is 13.7 Å². The first kappa shape index (κ1) is 20.8. The summed E-state index contributed by atoms with van der Waals surface area (Å²) < 4.78 is 11.6. The molecule has 0 heterocycles. The summed E-state index contributed by atoms with van der Waals surface area (Å²) in [5.41, 5.74) is 1.38. The maximum Gasteiger partial charge on any atom is 0.173 e. The van der Waals surface area contributed by atoms with E-state index in [9.17, 15) is 9.59 Å². The van der Waals surface area contributed by atoms with Crippen molar-refractivity contribution in [3.05, 3.63) is 24.0 Å². The summed E-state index contributed by atoms with van der Waals surface area (Å²) in [5.74, 6) is 2.71. The Hall–Kier alpha value is -1.42. The molecule has 0 amide bonds. The second kappa shape index (κ2) is 7.37. The van der Waals surface area contributed by atoms with Crippen LogP contribution in [0, 0.1) is 34.5 Å². The van der Waals surface area contributed by atoms with Gasteiger partial charge in [-0.3, -0.25) is 9.59 Å². The third-order valence-electron chi connectivity index (χ3n) is 9.02. The summed E-state index contributed by atoms with van der Waals surface area (Å²) in [6, 6.07) is 0. The van der Waals surface area contributed by atoms with Crippen molar-refractivity contribution in [1.29, 1.82) is 0 Å². The molecule has 0 radical (unpaired) electrons. The van der Waals surface area contributed by atoms with Crippen molar-refractivity contribution in [2.24, 2.45) is 34.5 Å². The molecule has 0 spiro atoms. The van der Waals surface area contributed by atoms with E-state index >= 15 is 0 Å². The minimum absolute atomic E-state index is 0.0283. The Morgan fingerprint density at radius 2 is 2.00 bits per heavy atom. The molecule has 4 aliphatic rings. The maximum atomic E-state index is 13.0. The summed E-state index contributed by atoms with van der Waals surface area (Å²) in [6.45, 7) is 10.4. The van der Waals surface area contributed by atoms with Crippen LogP contribution in [0.25, 0.3) is 0 Å². The van der Waals surface area contributed by atoms with Gasteiger partial charge in [0, 0.05) is 19.4 Å². The molecule has 160 valence electrons. The highest BCUT2D eigenvalue weighted by molar-refractivity contribution is 5.91. The summed E-state index contributed by atoms with van der Waals surface area (Å²) in [5, 5.41) is 0. The number of fused-ring (bicyclic) bond motifs is 5. The molecule has 0 N–H and O–H groups in total. The molecule has 0 aromatic rings. The quantitative estimate of drug-likeness (QED) is 0.617. The van der Waals surface area contributed by atoms with Gasteiger partial charge in [0.15, 0.2) is 11.6 Å². The van der Waals surface area contributed by atoms with Crippen LogP contribution < -0.4 is 0 Å². The number of carbonyl (C=O) groups excluding carboxylic acids is 2. The van der Waals surface area contributed by atoms with Crippen LogP contribution in [0.2, 0.25) is 0 Å². The van der Waals surface area contributed by atoms with Crippen molar-refractivity contribution < 1.29 is 19.1 Å². The number of hydrogen-bond acceptors (Lipinski definition) is 4. The van der Waals surface area contributed by atoms with Gasteiger partial charge in [0.1, 0.15) is 6.61 Å². The zero-order valence-corrected chi connectivity index (χ0v) is 18.5. The number of carbonyl (C=O) groups is 2. The first-order chi connectivity index (χ1) is 13.7. The molecule has 4 nitrogen and oxygen atoms in total. The van der Waals surface area contributed by atoms with Gasteiger partial charge in [0.05, 0.1) is 11.9 Å². The third kappa shape index (κ3) is 3.22. The Morgan fingerprint density at radius 1 is 1.24 bits per heavy atom. The van der Waals surface area contributed by atoms with Crippen LogP contribution in [0.4, 0.5) is 0 Å². The molecule has 4 aliphatic carbocycles. The topological polar surface area (TPSA) is 52.6 Å². The van der Waals surface area contributed by atoms with Gasteiger partial charge in [-0.25, -0.2) is 0 Å². The van der Waals surface area contributed by atoms with Gasteiger partial charge in [0.2, 0.25) is 0 Å². The SMILES string of the molecule is C=C(C)OCC(=O)[C@H]1CC[C@H]2[C@@H]3CCC4=CC(=O)CC[C@]4(C)[C@H]3[C@@H](OC)C[C@]12C. The van der Waals surface area contributed by atoms with Gasteiger partial charge in [-0.15, -0.1) is 0 Å². The van der Waals surface area contributed by atoms with Gasteiger partial charge in [-0.2, -0.15) is 0 Å². The van der Waals surface area contributed by atoms with E-state index in [4.69, 9.17) is 9.47 Å². The van der Waals surface area contributed by atoms with Crippen LogP contribution in [-0.2, 0) is 19.1 Å². The highest BCUT2D eigenvalue weighted by atomic mass is 16.5. The molecule has 3 saturated carbocycles. The molecule has 4 rings (SSSR count). The van der Waals surface area contributed by atoms with E-state index in [0.717, 1.165) is 38.5 Å². The van der Waals surface area contributed by atoms with E-state index < -0.39 is 0 Å². The lowest BCUT2D eigenvalue weighted by Gasteiger charge is -2.60. The van der Waals surface area contributed by atoms with Gasteiger partial charge in [-0.1, -0.05) is 26.0 Å². The molecule has 0 aromatic heterocycles. The molecule has 29 heavy (non-hydrogen) atoms. The summed E-state index contributed by atoms with van der Waals surface area (Å²) in [7, 11) is 1.83. The second-order valence-corrected chi connectivity index (χ2v) is 10.5. The fourth-order valence-electron chi connectivity index (χ4n) is 7.70. The number of rotatable bonds is 5. The molecule has 3 fully saturated rings. The van der Waals surface area contributed by atoms with Crippen LogP contribution in [0.1, 0.15) is 65.7 Å². The third-order valence-corrected chi connectivity index (χ3v) is 9.02. The molecule has 0 bridgehead atoms. The number of ether oxygens (including phenoxy) is 2. The predicted octanol–water partition coefficient (Wildman–Crippen LogP) is 4.88. The molecule has 7 atom stereocenters. The van der Waals surface area contributed by atoms with Gasteiger partial charge in [0.25, 0.3) is 0 Å². The van der Waals surface area contributed by atoms with Crippen LogP contribution in [0.15, 0.2) is 24.0 Å². The first-order valence-corrected chi connectivity index (χ1v) is 11.3. The maximum absolute atomic E-state index is 13.0. The largest absolute Gasteiger partial charge is 0.491 e. The van der Waals surface area contributed by atoms with E-state index in [2.05, 4.69) is 20.4 Å². The number of methoxy groups -OCH3 is 1. The van der Waals surface area contributed by atoms with Crippen molar-refractivity contribution in [1.82, 2.24) is 0 Å². The van der Waals surface area contributed by atoms with Crippen LogP contribution in [-0.4, -0.2) is 31.4 Å². The van der Waals surface area contributed by atoms with Crippen LogP contribution in [0.3, 0.4) is 0 Å². The number of hydrogen-bond donors (Lipinski definition) is 0. The Bertz CT molecular complexity index is 752.